The summed E-state index contributed by atoms with van der Waals surface area (Å²) in [6, 6.07) is 6.72. The van der Waals surface area contributed by atoms with E-state index in [1.165, 1.54) is 0 Å². The van der Waals surface area contributed by atoms with Gasteiger partial charge in [-0.1, -0.05) is 26.0 Å². The van der Waals surface area contributed by atoms with Crippen LogP contribution in [0, 0.1) is 5.41 Å². The van der Waals surface area contributed by atoms with Gasteiger partial charge in [-0.15, -0.1) is 0 Å². The van der Waals surface area contributed by atoms with E-state index in [2.05, 4.69) is 69.5 Å². The Kier molecular flexibility index (Phi) is 7.13. The van der Waals surface area contributed by atoms with Gasteiger partial charge in [-0.2, -0.15) is 0 Å². The van der Waals surface area contributed by atoms with E-state index >= 15 is 0 Å². The van der Waals surface area contributed by atoms with Crippen LogP contribution in [0.5, 0.6) is 0 Å². The van der Waals surface area contributed by atoms with Gasteiger partial charge in [-0.3, -0.25) is 9.69 Å². The van der Waals surface area contributed by atoms with Crippen molar-refractivity contribution in [2.45, 2.75) is 128 Å². The molecule has 4 heterocycles. The minimum atomic E-state index is -0.667. The first kappa shape index (κ1) is 30.9. The van der Waals surface area contributed by atoms with E-state index in [1.54, 1.807) is 4.90 Å². The maximum atomic E-state index is 14.6. The maximum absolute atomic E-state index is 14.6. The Hall–Kier alpha value is -2.14. The van der Waals surface area contributed by atoms with Gasteiger partial charge in [0.15, 0.2) is 0 Å². The molecule has 1 saturated carbocycles. The number of carbonyl (C=O) groups is 2. The number of nitrogens with zero attached hydrogens (tertiary/aromatic N) is 3. The molecule has 43 heavy (non-hydrogen) atoms. The topological polar surface area (TPSA) is 91.8 Å². The molecule has 1 aliphatic carbocycles. The number of carbonyl (C=O) groups excluding carboxylic acids is 2. The summed E-state index contributed by atoms with van der Waals surface area (Å²) in [5.74, 6) is 0.141. The molecular weight excluding hydrogens is 545 g/mol. The van der Waals surface area contributed by atoms with Crippen LogP contribution < -0.4 is 10.4 Å². The Morgan fingerprint density at radius 1 is 1.00 bits per heavy atom. The number of rotatable bonds is 3. The van der Waals surface area contributed by atoms with E-state index in [0.717, 1.165) is 36.1 Å². The zero-order valence-corrected chi connectivity index (χ0v) is 27.5. The van der Waals surface area contributed by atoms with Crippen molar-refractivity contribution in [3.8, 4) is 0 Å². The van der Waals surface area contributed by atoms with Crippen molar-refractivity contribution in [3.05, 3.63) is 23.8 Å². The van der Waals surface area contributed by atoms with Gasteiger partial charge in [0, 0.05) is 49.4 Å². The van der Waals surface area contributed by atoms with Crippen molar-refractivity contribution in [2.24, 2.45) is 5.41 Å². The first-order valence-electron chi connectivity index (χ1n) is 16.1. The maximum Gasteiger partial charge on any atom is 0.494 e. The van der Waals surface area contributed by atoms with Crippen LogP contribution in [0.2, 0.25) is 0 Å². The lowest BCUT2D eigenvalue weighted by Crippen LogP contribution is -2.58. The number of ether oxygens (including phenoxy) is 1. The number of aliphatic hydroxyl groups excluding tert-OH is 1. The van der Waals surface area contributed by atoms with Gasteiger partial charge in [0.05, 0.1) is 22.7 Å². The number of fused-ring (bicyclic) bond motifs is 2. The molecule has 1 N–H and O–H groups in total. The van der Waals surface area contributed by atoms with Crippen LogP contribution in [0.3, 0.4) is 0 Å². The summed E-state index contributed by atoms with van der Waals surface area (Å²) in [4.78, 5) is 33.6. The van der Waals surface area contributed by atoms with Gasteiger partial charge in [-0.25, -0.2) is 4.79 Å². The zero-order valence-electron chi connectivity index (χ0n) is 27.5. The van der Waals surface area contributed by atoms with Gasteiger partial charge in [0.2, 0.25) is 5.91 Å². The van der Waals surface area contributed by atoms with Gasteiger partial charge < -0.3 is 29.0 Å². The number of piperidine rings is 1. The monoisotopic (exact) mass is 595 g/mol. The van der Waals surface area contributed by atoms with Crippen molar-refractivity contribution < 1.29 is 28.7 Å². The highest BCUT2D eigenvalue weighted by Gasteiger charge is 2.58. The van der Waals surface area contributed by atoms with E-state index < -0.39 is 29.3 Å². The molecule has 1 unspecified atom stereocenters. The van der Waals surface area contributed by atoms with Crippen LogP contribution in [-0.4, -0.2) is 95.2 Å². The van der Waals surface area contributed by atoms with Crippen molar-refractivity contribution in [3.63, 3.8) is 0 Å². The van der Waals surface area contributed by atoms with Crippen LogP contribution in [0.4, 0.5) is 10.5 Å². The van der Waals surface area contributed by atoms with E-state index in [-0.39, 0.29) is 29.6 Å². The lowest BCUT2D eigenvalue weighted by molar-refractivity contribution is -0.126. The third kappa shape index (κ3) is 5.10. The molecule has 1 aromatic rings. The Bertz CT molecular complexity index is 1280. The zero-order chi connectivity index (χ0) is 31.3. The number of aliphatic hydroxyl groups is 1. The van der Waals surface area contributed by atoms with Crippen LogP contribution in [-0.2, 0) is 24.3 Å². The summed E-state index contributed by atoms with van der Waals surface area (Å²) >= 11 is 0. The first-order chi connectivity index (χ1) is 19.8. The summed E-state index contributed by atoms with van der Waals surface area (Å²) in [5, 5.41) is 10.6. The average Bonchev–Trinajstić information content (AvgIpc) is 3.35. The second-order valence-corrected chi connectivity index (χ2v) is 16.3. The SMILES string of the molecule is CC(C)(C)OC(=O)N1CCC2(CC1)C(=O)N([C@H]1C[C@@H](N3CC(O)C(C)(C)C3)C1)c1cc(B3OC(C)(C)C(C)(C)O3)ccc12. The predicted octanol–water partition coefficient (Wildman–Crippen LogP) is 3.83. The number of hydrogen-bond acceptors (Lipinski definition) is 7. The van der Waals surface area contributed by atoms with Crippen molar-refractivity contribution in [2.75, 3.05) is 31.1 Å². The van der Waals surface area contributed by atoms with Crippen LogP contribution >= 0.6 is 0 Å². The summed E-state index contributed by atoms with van der Waals surface area (Å²) < 4.78 is 18.4. The number of anilines is 1. The van der Waals surface area contributed by atoms with Gasteiger partial charge in [0.1, 0.15) is 5.60 Å². The number of hydrogen-bond donors (Lipinski definition) is 1. The minimum Gasteiger partial charge on any atom is -0.444 e. The number of β-amino-alcohol motifs (C(OH)–C–C–N with tert-alkyl or cyclic N) is 1. The Balaban J connectivity index is 1.27. The van der Waals surface area contributed by atoms with E-state index in [0.29, 0.717) is 38.5 Å². The molecule has 9 nitrogen and oxygen atoms in total. The third-order valence-electron chi connectivity index (χ3n) is 11.1. The summed E-state index contributed by atoms with van der Waals surface area (Å²) in [5.41, 5.74) is 0.637. The summed E-state index contributed by atoms with van der Waals surface area (Å²) in [6.07, 6.45) is 2.24. The summed E-state index contributed by atoms with van der Waals surface area (Å²) in [7, 11) is -0.514. The molecule has 4 fully saturated rings. The molecular formula is C33H50BN3O6. The molecule has 1 spiro atoms. The van der Waals surface area contributed by atoms with Crippen molar-refractivity contribution in [1.82, 2.24) is 9.80 Å². The van der Waals surface area contributed by atoms with Gasteiger partial charge >= 0.3 is 13.2 Å². The average molecular weight is 596 g/mol. The lowest BCUT2D eigenvalue weighted by Gasteiger charge is -2.46. The standard InChI is InChI=1S/C33H50BN3O6/c1-29(2,3)41-28(40)35-14-12-33(13-15-35)24-11-10-21(34-42-31(6,7)32(8,9)43-34)16-25(24)37(27(33)39)23-17-22(18-23)36-19-26(38)30(4,5)20-36/h10-11,16,22-23,26,38H,12-15,17-20H2,1-9H3/t22-,23+,26?. The molecule has 0 aromatic heterocycles. The van der Waals surface area contributed by atoms with E-state index in [9.17, 15) is 14.7 Å². The van der Waals surface area contributed by atoms with Crippen LogP contribution in [0.25, 0.3) is 0 Å². The molecule has 0 radical (unpaired) electrons. The molecule has 3 saturated heterocycles. The highest BCUT2D eigenvalue weighted by Crippen LogP contribution is 2.51. The normalized spacial score (nSPS) is 31.0. The smallest absolute Gasteiger partial charge is 0.444 e. The van der Waals surface area contributed by atoms with Crippen molar-refractivity contribution in [1.29, 1.82) is 0 Å². The Morgan fingerprint density at radius 2 is 1.60 bits per heavy atom. The molecule has 5 aliphatic rings. The highest BCUT2D eigenvalue weighted by molar-refractivity contribution is 6.62. The van der Waals surface area contributed by atoms with Crippen molar-refractivity contribution >= 4 is 30.3 Å². The largest absolute Gasteiger partial charge is 0.494 e. The molecule has 1 atom stereocenters. The molecule has 236 valence electrons. The molecule has 6 rings (SSSR count). The Morgan fingerprint density at radius 3 is 2.14 bits per heavy atom. The van der Waals surface area contributed by atoms with E-state index in [4.69, 9.17) is 14.0 Å². The molecule has 1 aromatic carbocycles. The first-order valence-corrected chi connectivity index (χ1v) is 16.1. The minimum absolute atomic E-state index is 0.0916. The second-order valence-electron chi connectivity index (χ2n) is 16.3. The molecule has 10 heteroatoms. The molecule has 2 amide bonds. The van der Waals surface area contributed by atoms with Crippen LogP contribution in [0.1, 0.15) is 93.6 Å². The van der Waals surface area contributed by atoms with Gasteiger partial charge in [0.25, 0.3) is 0 Å². The summed E-state index contributed by atoms with van der Waals surface area (Å²) in [6.45, 7) is 20.6. The molecule has 0 bridgehead atoms. The highest BCUT2D eigenvalue weighted by atomic mass is 16.7. The van der Waals surface area contributed by atoms with E-state index in [1.807, 2.05) is 20.8 Å². The fourth-order valence-corrected chi connectivity index (χ4v) is 7.49. The lowest BCUT2D eigenvalue weighted by atomic mass is 9.71. The predicted molar refractivity (Wildman–Crippen MR) is 167 cm³/mol. The fraction of sp³-hybridized carbons (Fsp3) is 0.758. The number of likely N-dealkylation sites (tertiary alicyclic amines) is 2. The third-order valence-corrected chi connectivity index (χ3v) is 11.1. The number of amides is 2. The molecule has 4 aliphatic heterocycles. The van der Waals surface area contributed by atoms with Gasteiger partial charge in [-0.05, 0) is 91.2 Å². The Labute approximate surface area is 257 Å². The second kappa shape index (κ2) is 9.93. The number of benzene rings is 1. The van der Waals surface area contributed by atoms with Crippen LogP contribution in [0.15, 0.2) is 18.2 Å². The fourth-order valence-electron chi connectivity index (χ4n) is 7.49. The quantitative estimate of drug-likeness (QED) is 0.532.